The maximum atomic E-state index is 2.41. The fourth-order valence-electron chi connectivity index (χ4n) is 6.37. The molecule has 0 N–H and O–H groups in total. The molecule has 0 aliphatic carbocycles. The monoisotopic (exact) mass is 611 g/mol. The van der Waals surface area contributed by atoms with Crippen molar-refractivity contribution in [1.29, 1.82) is 0 Å². The SMILES string of the molecule is Cc1cc(C)cc(C(c2cc(C)cc(C)c2)(c2cc(C)cc(C)c2)[c-]2c(C)cc3ccccc32)c1.Cl.Cl.Cl.[Ti]. The summed E-state index contributed by atoms with van der Waals surface area (Å²) in [4.78, 5) is 0. The maximum Gasteiger partial charge on any atom is 0.0369 e. The van der Waals surface area contributed by atoms with E-state index in [1.165, 1.54) is 72.0 Å². The molecule has 5 rings (SSSR count). The maximum absolute atomic E-state index is 2.41. The molecule has 0 heterocycles. The normalized spacial score (nSPS) is 10.6. The zero-order valence-electron chi connectivity index (χ0n) is 23.8. The number of aryl methyl sites for hydroxylation is 7. The Labute approximate surface area is 268 Å². The van der Waals surface area contributed by atoms with Gasteiger partial charge in [0.2, 0.25) is 0 Å². The second-order valence-electron chi connectivity index (χ2n) is 10.7. The fraction of sp³-hybridized carbons (Fsp3) is 0.229. The van der Waals surface area contributed by atoms with Crippen molar-refractivity contribution in [1.82, 2.24) is 0 Å². The minimum Gasteiger partial charge on any atom is -0.165 e. The molecule has 5 aromatic rings. The van der Waals surface area contributed by atoms with Gasteiger partial charge in [-0.25, -0.2) is 0 Å². The van der Waals surface area contributed by atoms with Crippen molar-refractivity contribution < 1.29 is 21.7 Å². The third kappa shape index (κ3) is 6.37. The van der Waals surface area contributed by atoms with E-state index in [4.69, 9.17) is 0 Å². The van der Waals surface area contributed by atoms with Crippen LogP contribution in [0.25, 0.3) is 10.8 Å². The first-order chi connectivity index (χ1) is 16.7. The molecule has 39 heavy (non-hydrogen) atoms. The van der Waals surface area contributed by atoms with Gasteiger partial charge in [0.1, 0.15) is 0 Å². The van der Waals surface area contributed by atoms with E-state index in [9.17, 15) is 0 Å². The molecule has 0 aliphatic heterocycles. The zero-order chi connectivity index (χ0) is 24.9. The summed E-state index contributed by atoms with van der Waals surface area (Å²) in [6.45, 7) is 15.6. The average Bonchev–Trinajstić information content (AvgIpc) is 3.09. The van der Waals surface area contributed by atoms with E-state index in [0.29, 0.717) is 0 Å². The van der Waals surface area contributed by atoms with Gasteiger partial charge in [-0.3, -0.25) is 0 Å². The van der Waals surface area contributed by atoms with Crippen LogP contribution in [0, 0.1) is 48.5 Å². The molecular formula is C35H38Cl3Ti-. The quantitative estimate of drug-likeness (QED) is 0.108. The van der Waals surface area contributed by atoms with E-state index in [1.54, 1.807) is 0 Å². The van der Waals surface area contributed by atoms with Crippen LogP contribution in [0.4, 0.5) is 0 Å². The van der Waals surface area contributed by atoms with E-state index in [0.717, 1.165) is 0 Å². The van der Waals surface area contributed by atoms with Gasteiger partial charge < -0.3 is 0 Å². The van der Waals surface area contributed by atoms with Gasteiger partial charge in [-0.15, -0.1) is 77.3 Å². The summed E-state index contributed by atoms with van der Waals surface area (Å²) in [7, 11) is 0. The van der Waals surface area contributed by atoms with Crippen LogP contribution in [0.5, 0.6) is 0 Å². The number of rotatable bonds is 4. The molecule has 4 heteroatoms. The molecule has 0 amide bonds. The average molecular weight is 613 g/mol. The Morgan fingerprint density at radius 3 is 1.15 bits per heavy atom. The molecule has 0 nitrogen and oxygen atoms in total. The van der Waals surface area contributed by atoms with Crippen molar-refractivity contribution >= 4 is 48.0 Å². The van der Waals surface area contributed by atoms with Crippen LogP contribution in [0.1, 0.15) is 61.2 Å². The van der Waals surface area contributed by atoms with Crippen LogP contribution in [-0.2, 0) is 27.1 Å². The zero-order valence-corrected chi connectivity index (χ0v) is 27.8. The minimum atomic E-state index is -0.433. The largest absolute Gasteiger partial charge is 0.165 e. The van der Waals surface area contributed by atoms with Crippen molar-refractivity contribution in [3.63, 3.8) is 0 Å². The van der Waals surface area contributed by atoms with Crippen molar-refractivity contribution in [2.45, 2.75) is 53.9 Å². The molecule has 0 unspecified atom stereocenters. The van der Waals surface area contributed by atoms with E-state index < -0.39 is 5.41 Å². The summed E-state index contributed by atoms with van der Waals surface area (Å²) in [5.74, 6) is 0. The number of hydrogen-bond acceptors (Lipinski definition) is 0. The summed E-state index contributed by atoms with van der Waals surface area (Å²) in [6.07, 6.45) is 0. The topological polar surface area (TPSA) is 0 Å². The first kappa shape index (κ1) is 35.1. The Morgan fingerprint density at radius 1 is 0.462 bits per heavy atom. The molecule has 0 bridgehead atoms. The first-order valence-electron chi connectivity index (χ1n) is 12.6. The predicted molar refractivity (Wildman–Crippen MR) is 173 cm³/mol. The molecule has 0 saturated heterocycles. The van der Waals surface area contributed by atoms with Crippen LogP contribution < -0.4 is 0 Å². The van der Waals surface area contributed by atoms with Crippen LogP contribution in [0.2, 0.25) is 0 Å². The second kappa shape index (κ2) is 13.6. The Morgan fingerprint density at radius 2 is 0.795 bits per heavy atom. The molecule has 0 fully saturated rings. The second-order valence-corrected chi connectivity index (χ2v) is 10.7. The Bertz CT molecular complexity index is 1390. The summed E-state index contributed by atoms with van der Waals surface area (Å²) in [6, 6.07) is 32.5. The van der Waals surface area contributed by atoms with E-state index in [1.807, 2.05) is 0 Å². The van der Waals surface area contributed by atoms with Gasteiger partial charge in [0.05, 0.1) is 0 Å². The first-order valence-corrected chi connectivity index (χ1v) is 12.6. The van der Waals surface area contributed by atoms with Crippen LogP contribution >= 0.6 is 37.2 Å². The van der Waals surface area contributed by atoms with Gasteiger partial charge in [-0.1, -0.05) is 101 Å². The molecule has 0 saturated carbocycles. The molecule has 0 spiro atoms. The van der Waals surface area contributed by atoms with Gasteiger partial charge in [0.15, 0.2) is 0 Å². The summed E-state index contributed by atoms with van der Waals surface area (Å²) < 4.78 is 0. The molecule has 0 aromatic heterocycles. The van der Waals surface area contributed by atoms with Gasteiger partial charge >= 0.3 is 0 Å². The molecular weight excluding hydrogens is 575 g/mol. The van der Waals surface area contributed by atoms with Crippen molar-refractivity contribution in [2.75, 3.05) is 0 Å². The number of hydrogen-bond donors (Lipinski definition) is 0. The summed E-state index contributed by atoms with van der Waals surface area (Å²) in [5.41, 5.74) is 14.1. The fourth-order valence-corrected chi connectivity index (χ4v) is 6.37. The van der Waals surface area contributed by atoms with Gasteiger partial charge in [-0.2, -0.15) is 6.07 Å². The van der Waals surface area contributed by atoms with Crippen LogP contribution in [-0.4, -0.2) is 0 Å². The third-order valence-corrected chi connectivity index (χ3v) is 7.34. The molecule has 0 atom stereocenters. The molecule has 0 aliphatic rings. The summed E-state index contributed by atoms with van der Waals surface area (Å²) >= 11 is 0. The molecule has 204 valence electrons. The van der Waals surface area contributed by atoms with Crippen LogP contribution in [0.15, 0.2) is 84.9 Å². The van der Waals surface area contributed by atoms with Crippen molar-refractivity contribution in [3.8, 4) is 0 Å². The van der Waals surface area contributed by atoms with Gasteiger partial charge in [-0.05, 0) is 58.2 Å². The standard InChI is InChI=1S/C35H35.3ClH.Ti/c1-22-12-23(2)16-30(15-22)35(31-17-24(3)13-25(4)18-31,32-19-26(5)14-27(6)20-32)34-28(7)21-29-10-8-9-11-33(29)34;;;;/h8-21H,1-7H3;3*1H;/q-1;;;;. The van der Waals surface area contributed by atoms with Gasteiger partial charge in [0.25, 0.3) is 0 Å². The van der Waals surface area contributed by atoms with E-state index in [-0.39, 0.29) is 58.9 Å². The summed E-state index contributed by atoms with van der Waals surface area (Å²) in [5, 5.41) is 2.64. The van der Waals surface area contributed by atoms with Crippen LogP contribution in [0.3, 0.4) is 0 Å². The number of halogens is 3. The molecule has 5 aromatic carbocycles. The van der Waals surface area contributed by atoms with Gasteiger partial charge in [0, 0.05) is 27.1 Å². The Hall–Kier alpha value is -1.93. The Balaban J connectivity index is 0.00000190. The van der Waals surface area contributed by atoms with Crippen molar-refractivity contribution in [3.05, 3.63) is 146 Å². The number of benzene rings is 4. The minimum absolute atomic E-state index is 0. The third-order valence-electron chi connectivity index (χ3n) is 7.34. The van der Waals surface area contributed by atoms with E-state index >= 15 is 0 Å². The molecule has 0 radical (unpaired) electrons. The smallest absolute Gasteiger partial charge is 0.0369 e. The number of fused-ring (bicyclic) bond motifs is 1. The van der Waals surface area contributed by atoms with E-state index in [2.05, 4.69) is 133 Å². The Kier molecular flexibility index (Phi) is 12.3. The van der Waals surface area contributed by atoms with Crippen molar-refractivity contribution in [2.24, 2.45) is 0 Å². The predicted octanol–water partition coefficient (Wildman–Crippen LogP) is 10.4.